The highest BCUT2D eigenvalue weighted by Gasteiger charge is 2.35. The van der Waals surface area contributed by atoms with Gasteiger partial charge in [-0.2, -0.15) is 0 Å². The molecule has 3 N–H and O–H groups in total. The second-order valence-electron chi connectivity index (χ2n) is 7.18. The first-order valence-electron chi connectivity index (χ1n) is 9.35. The number of nitrogens with zero attached hydrogens (tertiary/aromatic N) is 1. The Balaban J connectivity index is 1.43. The highest BCUT2D eigenvalue weighted by molar-refractivity contribution is 5.98. The molecular formula is C21H21N3O5. The summed E-state index contributed by atoms with van der Waals surface area (Å²) >= 11 is 0. The van der Waals surface area contributed by atoms with Crippen molar-refractivity contribution in [3.8, 4) is 0 Å². The summed E-state index contributed by atoms with van der Waals surface area (Å²) in [4.78, 5) is 38.3. The van der Waals surface area contributed by atoms with Crippen molar-refractivity contribution in [3.05, 3.63) is 80.6 Å². The number of carbonyl (C=O) groups excluding carboxylic acids is 1. The average molecular weight is 395 g/mol. The molecule has 1 saturated heterocycles. The summed E-state index contributed by atoms with van der Waals surface area (Å²) in [6.07, 6.45) is -0.633. The van der Waals surface area contributed by atoms with E-state index in [1.807, 2.05) is 36.4 Å². The minimum Gasteiger partial charge on any atom is -0.390 e. The van der Waals surface area contributed by atoms with Gasteiger partial charge in [0.1, 0.15) is 12.3 Å². The normalized spacial score (nSPS) is 21.4. The molecule has 29 heavy (non-hydrogen) atoms. The smallest absolute Gasteiger partial charge is 0.330 e. The van der Waals surface area contributed by atoms with E-state index in [0.29, 0.717) is 11.1 Å². The zero-order valence-electron chi connectivity index (χ0n) is 15.8. The van der Waals surface area contributed by atoms with Crippen LogP contribution >= 0.6 is 0 Å². The summed E-state index contributed by atoms with van der Waals surface area (Å²) in [6, 6.07) is 13.2. The number of nitrogens with one attached hydrogen (secondary N) is 2. The second kappa shape index (κ2) is 7.65. The number of amides is 1. The quantitative estimate of drug-likeness (QED) is 0.612. The van der Waals surface area contributed by atoms with Crippen molar-refractivity contribution in [1.82, 2.24) is 14.9 Å². The van der Waals surface area contributed by atoms with Crippen molar-refractivity contribution < 1.29 is 14.6 Å². The Morgan fingerprint density at radius 3 is 2.79 bits per heavy atom. The maximum absolute atomic E-state index is 12.5. The zero-order valence-corrected chi connectivity index (χ0v) is 15.8. The molecule has 1 aromatic heterocycles. The number of aromatic amines is 1. The van der Waals surface area contributed by atoms with Gasteiger partial charge in [-0.25, -0.2) is 4.79 Å². The third-order valence-electron chi connectivity index (χ3n) is 5.14. The van der Waals surface area contributed by atoms with Gasteiger partial charge >= 0.3 is 5.69 Å². The van der Waals surface area contributed by atoms with E-state index in [0.717, 1.165) is 10.8 Å². The largest absolute Gasteiger partial charge is 0.390 e. The van der Waals surface area contributed by atoms with Gasteiger partial charge in [-0.1, -0.05) is 30.3 Å². The number of carbonyl (C=O) groups is 1. The molecule has 150 valence electrons. The molecule has 1 amide bonds. The van der Waals surface area contributed by atoms with Crippen LogP contribution in [0.25, 0.3) is 10.8 Å². The molecular weight excluding hydrogens is 374 g/mol. The Morgan fingerprint density at radius 1 is 1.24 bits per heavy atom. The van der Waals surface area contributed by atoms with Gasteiger partial charge < -0.3 is 15.2 Å². The lowest BCUT2D eigenvalue weighted by Crippen LogP contribution is -2.37. The van der Waals surface area contributed by atoms with Crippen molar-refractivity contribution in [2.45, 2.75) is 31.8 Å². The Labute approximate surface area is 165 Å². The van der Waals surface area contributed by atoms with Crippen LogP contribution in [0.5, 0.6) is 0 Å². The van der Waals surface area contributed by atoms with E-state index >= 15 is 0 Å². The van der Waals surface area contributed by atoms with Crippen LogP contribution in [0.2, 0.25) is 0 Å². The lowest BCUT2D eigenvalue weighted by atomic mass is 10.1. The van der Waals surface area contributed by atoms with Gasteiger partial charge in [0.25, 0.3) is 11.5 Å². The first-order chi connectivity index (χ1) is 13.9. The van der Waals surface area contributed by atoms with E-state index in [9.17, 15) is 19.5 Å². The second-order valence-corrected chi connectivity index (χ2v) is 7.18. The van der Waals surface area contributed by atoms with Crippen LogP contribution in [0.3, 0.4) is 0 Å². The topological polar surface area (TPSA) is 113 Å². The SMILES string of the molecule is Cc1cn([C@H]2C[C@H](O)[C@@H](CNC(=O)c3ccc4ccccc4c3)O2)c(=O)[nH]c1=O. The summed E-state index contributed by atoms with van der Waals surface area (Å²) in [6.45, 7) is 1.68. The van der Waals surface area contributed by atoms with E-state index in [-0.39, 0.29) is 18.9 Å². The summed E-state index contributed by atoms with van der Waals surface area (Å²) in [5.74, 6) is -0.271. The van der Waals surface area contributed by atoms with Crippen LogP contribution in [0.4, 0.5) is 0 Å². The first kappa shape index (κ1) is 19.1. The van der Waals surface area contributed by atoms with Crippen LogP contribution in [-0.2, 0) is 4.74 Å². The maximum Gasteiger partial charge on any atom is 0.330 e. The number of ether oxygens (including phenoxy) is 1. The molecule has 0 saturated carbocycles. The molecule has 1 fully saturated rings. The number of aromatic nitrogens is 2. The zero-order chi connectivity index (χ0) is 20.5. The molecule has 2 aromatic carbocycles. The molecule has 4 rings (SSSR count). The lowest BCUT2D eigenvalue weighted by Gasteiger charge is -2.17. The van der Waals surface area contributed by atoms with Crippen LogP contribution in [0, 0.1) is 6.92 Å². The summed E-state index contributed by atoms with van der Waals surface area (Å²) in [5.41, 5.74) is -0.168. The van der Waals surface area contributed by atoms with E-state index in [1.165, 1.54) is 10.8 Å². The summed E-state index contributed by atoms with van der Waals surface area (Å²) < 4.78 is 7.02. The molecule has 8 heteroatoms. The van der Waals surface area contributed by atoms with Crippen molar-refractivity contribution in [2.75, 3.05) is 6.54 Å². The van der Waals surface area contributed by atoms with Gasteiger partial charge in [-0.05, 0) is 29.8 Å². The molecule has 0 unspecified atom stereocenters. The predicted molar refractivity (Wildman–Crippen MR) is 107 cm³/mol. The summed E-state index contributed by atoms with van der Waals surface area (Å²) in [7, 11) is 0. The number of aryl methyl sites for hydroxylation is 1. The molecule has 0 spiro atoms. The Morgan fingerprint density at radius 2 is 2.00 bits per heavy atom. The molecule has 8 nitrogen and oxygen atoms in total. The number of hydrogen-bond donors (Lipinski definition) is 3. The molecule has 1 aliphatic rings. The number of aliphatic hydroxyl groups is 1. The fourth-order valence-corrected chi connectivity index (χ4v) is 3.50. The number of fused-ring (bicyclic) bond motifs is 1. The molecule has 3 atom stereocenters. The average Bonchev–Trinajstić information content (AvgIpc) is 3.08. The van der Waals surface area contributed by atoms with Crippen LogP contribution in [-0.4, -0.2) is 39.3 Å². The highest BCUT2D eigenvalue weighted by Crippen LogP contribution is 2.27. The number of hydrogen-bond acceptors (Lipinski definition) is 5. The van der Waals surface area contributed by atoms with E-state index < -0.39 is 29.7 Å². The molecule has 0 aliphatic carbocycles. The van der Waals surface area contributed by atoms with E-state index in [4.69, 9.17) is 4.74 Å². The number of benzene rings is 2. The Hall–Kier alpha value is -3.23. The predicted octanol–water partition coefficient (Wildman–Crippen LogP) is 1.08. The number of rotatable bonds is 4. The van der Waals surface area contributed by atoms with Gasteiger partial charge in [0.2, 0.25) is 0 Å². The Bertz CT molecular complexity index is 1180. The van der Waals surface area contributed by atoms with Crippen molar-refractivity contribution in [1.29, 1.82) is 0 Å². The van der Waals surface area contributed by atoms with E-state index in [1.54, 1.807) is 13.0 Å². The minimum absolute atomic E-state index is 0.0976. The van der Waals surface area contributed by atoms with Gasteiger partial charge in [-0.15, -0.1) is 0 Å². The Kier molecular flexibility index (Phi) is 5.04. The van der Waals surface area contributed by atoms with Gasteiger partial charge in [-0.3, -0.25) is 19.1 Å². The fourth-order valence-electron chi connectivity index (χ4n) is 3.50. The minimum atomic E-state index is -0.851. The number of H-pyrrole nitrogens is 1. The monoisotopic (exact) mass is 395 g/mol. The molecule has 0 bridgehead atoms. The van der Waals surface area contributed by atoms with Crippen LogP contribution in [0.1, 0.15) is 28.6 Å². The standard InChI is InChI=1S/C21H21N3O5/c1-12-11-24(21(28)23-19(12)26)18-9-16(25)17(29-18)10-22-20(27)15-7-6-13-4-2-3-5-14(13)8-15/h2-8,11,16-18,25H,9-10H2,1H3,(H,22,27)(H,23,26,28)/t16-,17+,18+/m0/s1. The highest BCUT2D eigenvalue weighted by atomic mass is 16.5. The van der Waals surface area contributed by atoms with Crippen molar-refractivity contribution in [3.63, 3.8) is 0 Å². The number of aliphatic hydroxyl groups excluding tert-OH is 1. The lowest BCUT2D eigenvalue weighted by molar-refractivity contribution is -0.0187. The van der Waals surface area contributed by atoms with Gasteiger partial charge in [0.05, 0.1) is 6.10 Å². The van der Waals surface area contributed by atoms with Crippen molar-refractivity contribution in [2.24, 2.45) is 0 Å². The van der Waals surface area contributed by atoms with E-state index in [2.05, 4.69) is 10.3 Å². The molecule has 0 radical (unpaired) electrons. The van der Waals surface area contributed by atoms with Crippen molar-refractivity contribution >= 4 is 16.7 Å². The maximum atomic E-state index is 12.5. The van der Waals surface area contributed by atoms with Crippen LogP contribution < -0.4 is 16.6 Å². The third kappa shape index (κ3) is 3.85. The van der Waals surface area contributed by atoms with Gasteiger partial charge in [0, 0.05) is 30.3 Å². The third-order valence-corrected chi connectivity index (χ3v) is 5.14. The first-order valence-corrected chi connectivity index (χ1v) is 9.35. The molecule has 2 heterocycles. The summed E-state index contributed by atoms with van der Waals surface area (Å²) in [5, 5.41) is 15.1. The van der Waals surface area contributed by atoms with Crippen LogP contribution in [0.15, 0.2) is 58.3 Å². The van der Waals surface area contributed by atoms with Gasteiger partial charge in [0.15, 0.2) is 0 Å². The molecule has 1 aliphatic heterocycles. The fraction of sp³-hybridized carbons (Fsp3) is 0.286. The molecule has 3 aromatic rings.